The van der Waals surface area contributed by atoms with Crippen molar-refractivity contribution in [3.8, 4) is 6.07 Å². The maximum absolute atomic E-state index is 12.7. The van der Waals surface area contributed by atoms with Crippen LogP contribution in [0.1, 0.15) is 64.8 Å². The van der Waals surface area contributed by atoms with E-state index in [-0.39, 0.29) is 29.7 Å². The molecule has 2 heterocycles. The number of benzene rings is 1. The Morgan fingerprint density at radius 2 is 2.17 bits per heavy atom. The van der Waals surface area contributed by atoms with Crippen molar-refractivity contribution in [1.82, 2.24) is 10.3 Å². The van der Waals surface area contributed by atoms with Gasteiger partial charge in [-0.05, 0) is 80.7 Å². The first-order valence-corrected chi connectivity index (χ1v) is 12.8. The number of ether oxygens (including phenoxy) is 1. The third-order valence-electron chi connectivity index (χ3n) is 6.96. The Labute approximate surface area is 216 Å². The molecule has 1 aromatic heterocycles. The number of carbonyl (C=O) groups is 2. The zero-order chi connectivity index (χ0) is 25.7. The molecule has 3 N–H and O–H groups in total. The molecule has 9 heteroatoms. The van der Waals surface area contributed by atoms with Gasteiger partial charge in [-0.3, -0.25) is 4.79 Å². The van der Waals surface area contributed by atoms with Crippen molar-refractivity contribution < 1.29 is 19.4 Å². The summed E-state index contributed by atoms with van der Waals surface area (Å²) in [4.78, 5) is 29.1. The SMILES string of the molecule is Cc1cc(C#N)cc(Cl)c1C(=O)NC(CCOC1CC(CCc2ccc3c(n2)NCCC3)C1)C(=O)O. The van der Waals surface area contributed by atoms with Gasteiger partial charge in [0.1, 0.15) is 11.9 Å². The predicted molar refractivity (Wildman–Crippen MR) is 136 cm³/mol. The van der Waals surface area contributed by atoms with Gasteiger partial charge >= 0.3 is 5.97 Å². The predicted octanol–water partition coefficient (Wildman–Crippen LogP) is 4.27. The number of hydrogen-bond acceptors (Lipinski definition) is 6. The zero-order valence-corrected chi connectivity index (χ0v) is 21.1. The number of hydrogen-bond donors (Lipinski definition) is 3. The summed E-state index contributed by atoms with van der Waals surface area (Å²) in [6, 6.07) is 8.15. The molecule has 2 aliphatic rings. The zero-order valence-electron chi connectivity index (χ0n) is 20.3. The van der Waals surface area contributed by atoms with Crippen LogP contribution in [0.2, 0.25) is 5.02 Å². The van der Waals surface area contributed by atoms with Crippen LogP contribution in [0, 0.1) is 24.2 Å². The molecule has 0 saturated heterocycles. The lowest BCUT2D eigenvalue weighted by Gasteiger charge is -2.35. The number of nitrogens with zero attached hydrogens (tertiary/aromatic N) is 2. The third kappa shape index (κ3) is 6.34. The maximum atomic E-state index is 12.7. The summed E-state index contributed by atoms with van der Waals surface area (Å²) in [6.45, 7) is 2.89. The molecule has 1 atom stereocenters. The van der Waals surface area contributed by atoms with Crippen LogP contribution in [0.3, 0.4) is 0 Å². The number of halogens is 1. The first-order valence-electron chi connectivity index (χ1n) is 12.4. The molecule has 1 unspecified atom stereocenters. The molecule has 190 valence electrons. The fourth-order valence-corrected chi connectivity index (χ4v) is 5.20. The molecule has 0 spiro atoms. The van der Waals surface area contributed by atoms with Crippen LogP contribution in [-0.4, -0.2) is 47.3 Å². The average Bonchev–Trinajstić information content (AvgIpc) is 2.83. The minimum absolute atomic E-state index is 0.117. The van der Waals surface area contributed by atoms with Crippen molar-refractivity contribution in [2.45, 2.75) is 64.0 Å². The van der Waals surface area contributed by atoms with E-state index in [2.05, 4.69) is 22.8 Å². The summed E-state index contributed by atoms with van der Waals surface area (Å²) >= 11 is 6.16. The summed E-state index contributed by atoms with van der Waals surface area (Å²) < 4.78 is 5.88. The lowest BCUT2D eigenvalue weighted by atomic mass is 9.79. The Balaban J connectivity index is 1.19. The Morgan fingerprint density at radius 3 is 2.89 bits per heavy atom. The largest absolute Gasteiger partial charge is 0.480 e. The van der Waals surface area contributed by atoms with Gasteiger partial charge in [0.25, 0.3) is 5.91 Å². The van der Waals surface area contributed by atoms with Crippen molar-refractivity contribution in [3.63, 3.8) is 0 Å². The van der Waals surface area contributed by atoms with Gasteiger partial charge < -0.3 is 20.5 Å². The van der Waals surface area contributed by atoms with Crippen LogP contribution >= 0.6 is 11.6 Å². The highest BCUT2D eigenvalue weighted by Crippen LogP contribution is 2.34. The Morgan fingerprint density at radius 1 is 1.36 bits per heavy atom. The number of amides is 1. The van der Waals surface area contributed by atoms with Crippen molar-refractivity contribution in [2.75, 3.05) is 18.5 Å². The lowest BCUT2D eigenvalue weighted by Crippen LogP contribution is -2.42. The van der Waals surface area contributed by atoms with Crippen molar-refractivity contribution in [1.29, 1.82) is 5.26 Å². The quantitative estimate of drug-likeness (QED) is 0.435. The normalized spacial score (nSPS) is 19.2. The van der Waals surface area contributed by atoms with E-state index in [0.29, 0.717) is 17.0 Å². The number of aryl methyl sites for hydroxylation is 3. The van der Waals surface area contributed by atoms with Gasteiger partial charge in [-0.1, -0.05) is 17.7 Å². The van der Waals surface area contributed by atoms with E-state index >= 15 is 0 Å². The van der Waals surface area contributed by atoms with Crippen LogP contribution < -0.4 is 10.6 Å². The maximum Gasteiger partial charge on any atom is 0.326 e. The number of carboxylic acids is 1. The number of rotatable bonds is 10. The molecular weight excluding hydrogens is 480 g/mol. The molecule has 1 amide bonds. The average molecular weight is 511 g/mol. The molecule has 1 aromatic carbocycles. The van der Waals surface area contributed by atoms with Crippen LogP contribution in [0.5, 0.6) is 0 Å². The molecule has 4 rings (SSSR count). The van der Waals surface area contributed by atoms with Crippen molar-refractivity contribution >= 4 is 29.3 Å². The first kappa shape index (κ1) is 25.9. The second-order valence-corrected chi connectivity index (χ2v) is 10.0. The number of fused-ring (bicyclic) bond motifs is 1. The van der Waals surface area contributed by atoms with Gasteiger partial charge in [0.15, 0.2) is 0 Å². The third-order valence-corrected chi connectivity index (χ3v) is 7.26. The number of pyridine rings is 1. The molecule has 1 saturated carbocycles. The number of anilines is 1. The first-order chi connectivity index (χ1) is 17.3. The van der Waals surface area contributed by atoms with E-state index in [4.69, 9.17) is 26.6 Å². The smallest absolute Gasteiger partial charge is 0.326 e. The second kappa shape index (κ2) is 11.7. The molecule has 0 radical (unpaired) electrons. The van der Waals surface area contributed by atoms with Crippen molar-refractivity contribution in [3.05, 3.63) is 57.2 Å². The standard InChI is InChI=1S/C27H31ClN4O4/c1-16-11-18(15-29)14-22(28)24(16)26(33)32-23(27(34)35)8-10-36-21-12-17(13-21)4-6-20-7-5-19-3-2-9-30-25(19)31-20/h5,7,11,14,17,21,23H,2-4,6,8-10,12-13H2,1H3,(H,30,31)(H,32,33)(H,34,35). The molecule has 0 bridgehead atoms. The molecule has 36 heavy (non-hydrogen) atoms. The van der Waals surface area contributed by atoms with Gasteiger partial charge in [0, 0.05) is 25.3 Å². The fraction of sp³-hybridized carbons (Fsp3) is 0.481. The molecule has 1 fully saturated rings. The molecule has 1 aliphatic carbocycles. The van der Waals surface area contributed by atoms with E-state index < -0.39 is 17.9 Å². The minimum Gasteiger partial charge on any atom is -0.480 e. The summed E-state index contributed by atoms with van der Waals surface area (Å²) in [5.41, 5.74) is 3.44. The topological polar surface area (TPSA) is 124 Å². The van der Waals surface area contributed by atoms with E-state index in [1.165, 1.54) is 11.6 Å². The highest BCUT2D eigenvalue weighted by atomic mass is 35.5. The van der Waals surface area contributed by atoms with Crippen LogP contribution in [0.25, 0.3) is 0 Å². The molecule has 1 aliphatic heterocycles. The summed E-state index contributed by atoms with van der Waals surface area (Å²) in [5.74, 6) is -0.0977. The highest BCUT2D eigenvalue weighted by Gasteiger charge is 2.30. The summed E-state index contributed by atoms with van der Waals surface area (Å²) in [5, 5.41) is 24.6. The number of carbonyl (C=O) groups excluding carboxylic acids is 1. The van der Waals surface area contributed by atoms with Crippen LogP contribution in [0.15, 0.2) is 24.3 Å². The van der Waals surface area contributed by atoms with Crippen LogP contribution in [0.4, 0.5) is 5.82 Å². The Hall–Kier alpha value is -3.15. The van der Waals surface area contributed by atoms with Crippen LogP contribution in [-0.2, 0) is 22.4 Å². The van der Waals surface area contributed by atoms with E-state index in [1.807, 2.05) is 6.07 Å². The van der Waals surface area contributed by atoms with E-state index in [0.717, 1.165) is 56.6 Å². The molecule has 2 aromatic rings. The molecule has 8 nitrogen and oxygen atoms in total. The van der Waals surface area contributed by atoms with Gasteiger partial charge in [0.05, 0.1) is 28.3 Å². The number of carboxylic acid groups (broad SMARTS) is 1. The number of nitrogens with one attached hydrogen (secondary N) is 2. The summed E-state index contributed by atoms with van der Waals surface area (Å²) in [7, 11) is 0. The Kier molecular flexibility index (Phi) is 8.44. The van der Waals surface area contributed by atoms with E-state index in [1.54, 1.807) is 13.0 Å². The highest BCUT2D eigenvalue weighted by molar-refractivity contribution is 6.34. The van der Waals surface area contributed by atoms with E-state index in [9.17, 15) is 14.7 Å². The minimum atomic E-state index is -1.13. The number of aliphatic carboxylic acids is 1. The van der Waals surface area contributed by atoms with Gasteiger partial charge in [0.2, 0.25) is 0 Å². The van der Waals surface area contributed by atoms with Gasteiger partial charge in [-0.2, -0.15) is 5.26 Å². The second-order valence-electron chi connectivity index (χ2n) is 9.62. The Bertz CT molecular complexity index is 1150. The van der Waals surface area contributed by atoms with Gasteiger partial charge in [-0.15, -0.1) is 0 Å². The number of aromatic nitrogens is 1. The fourth-order valence-electron chi connectivity index (χ4n) is 4.84. The van der Waals surface area contributed by atoms with Gasteiger partial charge in [-0.25, -0.2) is 9.78 Å². The van der Waals surface area contributed by atoms with Crippen molar-refractivity contribution in [2.24, 2.45) is 5.92 Å². The molecular formula is C27H31ClN4O4. The lowest BCUT2D eigenvalue weighted by molar-refractivity contribution is -0.140. The summed E-state index contributed by atoms with van der Waals surface area (Å²) in [6.07, 6.45) is 6.42. The number of nitriles is 1. The monoisotopic (exact) mass is 510 g/mol.